The molecule has 1 amide bonds. The molecule has 0 unspecified atom stereocenters. The lowest BCUT2D eigenvalue weighted by Crippen LogP contribution is -2.38. The Balaban J connectivity index is 0.000000226. The van der Waals surface area contributed by atoms with Crippen LogP contribution in [0.3, 0.4) is 0 Å². The molecule has 0 fully saturated rings. The zero-order chi connectivity index (χ0) is 27.3. The fourth-order valence-electron chi connectivity index (χ4n) is 3.67. The average Bonchev–Trinajstić information content (AvgIpc) is 2.93. The van der Waals surface area contributed by atoms with E-state index >= 15 is 0 Å². The Morgan fingerprint density at radius 3 is 1.86 bits per heavy atom. The summed E-state index contributed by atoms with van der Waals surface area (Å²) >= 11 is 0. The molecule has 200 valence electrons. The van der Waals surface area contributed by atoms with Crippen molar-refractivity contribution in [2.45, 2.75) is 32.5 Å². The van der Waals surface area contributed by atoms with E-state index in [-0.39, 0.29) is 5.91 Å². The number of amides is 1. The molecule has 0 aliphatic carbocycles. The molecule has 1 heterocycles. The minimum Gasteiger partial charge on any atom is -0.493 e. The van der Waals surface area contributed by atoms with Crippen LogP contribution in [0.5, 0.6) is 11.5 Å². The highest BCUT2D eigenvalue weighted by Gasteiger charge is 2.29. The minimum atomic E-state index is -4.22. The Labute approximate surface area is 217 Å². The lowest BCUT2D eigenvalue weighted by molar-refractivity contribution is -0.137. The van der Waals surface area contributed by atoms with Gasteiger partial charge in [-0.05, 0) is 53.8 Å². The number of fused-ring (bicyclic) bond motifs is 1. The number of aryl methyl sites for hydroxylation is 1. The Morgan fingerprint density at radius 2 is 1.43 bits per heavy atom. The molecular weight excluding hydrogens is 481 g/mol. The highest BCUT2D eigenvalue weighted by atomic mass is 19.4. The van der Waals surface area contributed by atoms with Crippen LogP contribution in [0, 0.1) is 0 Å². The van der Waals surface area contributed by atoms with E-state index < -0.39 is 11.7 Å². The Bertz CT molecular complexity index is 1060. The Morgan fingerprint density at radius 1 is 0.919 bits per heavy atom. The van der Waals surface area contributed by atoms with Gasteiger partial charge in [-0.15, -0.1) is 0 Å². The summed E-state index contributed by atoms with van der Waals surface area (Å²) in [5.41, 5.74) is 2.81. The van der Waals surface area contributed by atoms with Crippen LogP contribution in [-0.4, -0.2) is 45.2 Å². The molecular formula is C29H35F3N2O3. The summed E-state index contributed by atoms with van der Waals surface area (Å²) < 4.78 is 46.7. The van der Waals surface area contributed by atoms with Gasteiger partial charge < -0.3 is 14.8 Å². The van der Waals surface area contributed by atoms with Crippen molar-refractivity contribution in [1.29, 1.82) is 0 Å². The molecule has 8 heteroatoms. The van der Waals surface area contributed by atoms with E-state index in [1.54, 1.807) is 21.3 Å². The maximum absolute atomic E-state index is 12.0. The van der Waals surface area contributed by atoms with Crippen molar-refractivity contribution in [2.24, 2.45) is 0 Å². The molecule has 4 rings (SSSR count). The van der Waals surface area contributed by atoms with Crippen LogP contribution in [0.15, 0.2) is 72.8 Å². The normalized spacial score (nSPS) is 12.6. The highest BCUT2D eigenvalue weighted by molar-refractivity contribution is 5.77. The summed E-state index contributed by atoms with van der Waals surface area (Å²) in [6.07, 6.45) is -2.53. The second-order valence-electron chi connectivity index (χ2n) is 8.31. The van der Waals surface area contributed by atoms with Crippen LogP contribution in [0.2, 0.25) is 0 Å². The van der Waals surface area contributed by atoms with Crippen molar-refractivity contribution in [2.75, 3.05) is 34.4 Å². The van der Waals surface area contributed by atoms with Gasteiger partial charge in [0.1, 0.15) is 0 Å². The van der Waals surface area contributed by atoms with Crippen LogP contribution in [-0.2, 0) is 30.4 Å². The largest absolute Gasteiger partial charge is 0.493 e. The minimum absolute atomic E-state index is 0.0453. The summed E-state index contributed by atoms with van der Waals surface area (Å²) in [7, 11) is 4.94. The standard InChI is InChI=1S/C14H20N2O3.C9H9F3.C6H6/c1-15-14(17)9-16-5-4-10-6-12(18-2)13(19-3)7-11(10)8-16;1-2-7-3-5-8(6-4-7)9(10,11)12;1-2-4-6-5-3-1/h6-7H,4-5,8-9H2,1-3H3,(H,15,17);3-6H,2H2,1H3;1-6H. The van der Waals surface area contributed by atoms with E-state index in [2.05, 4.69) is 10.2 Å². The van der Waals surface area contributed by atoms with Crippen molar-refractivity contribution in [1.82, 2.24) is 10.2 Å². The number of hydrogen-bond acceptors (Lipinski definition) is 4. The molecule has 0 saturated carbocycles. The Hall–Kier alpha value is -3.52. The molecule has 3 aromatic rings. The molecule has 0 atom stereocenters. The van der Waals surface area contributed by atoms with Gasteiger partial charge in [-0.25, -0.2) is 0 Å². The van der Waals surface area contributed by atoms with E-state index in [9.17, 15) is 18.0 Å². The molecule has 5 nitrogen and oxygen atoms in total. The predicted molar refractivity (Wildman–Crippen MR) is 140 cm³/mol. The number of alkyl halides is 3. The van der Waals surface area contributed by atoms with Gasteiger partial charge >= 0.3 is 6.18 Å². The maximum Gasteiger partial charge on any atom is 0.416 e. The van der Waals surface area contributed by atoms with Crippen molar-refractivity contribution in [3.8, 4) is 11.5 Å². The van der Waals surface area contributed by atoms with Gasteiger partial charge in [0, 0.05) is 20.1 Å². The molecule has 1 aliphatic rings. The average molecular weight is 517 g/mol. The van der Waals surface area contributed by atoms with Gasteiger partial charge in [0.25, 0.3) is 0 Å². The number of rotatable bonds is 5. The third-order valence-corrected chi connectivity index (χ3v) is 5.80. The first kappa shape index (κ1) is 29.7. The van der Waals surface area contributed by atoms with Gasteiger partial charge in [-0.2, -0.15) is 13.2 Å². The maximum atomic E-state index is 12.0. The fourth-order valence-corrected chi connectivity index (χ4v) is 3.67. The number of halogens is 3. The second-order valence-corrected chi connectivity index (χ2v) is 8.31. The van der Waals surface area contributed by atoms with Gasteiger partial charge in [-0.3, -0.25) is 9.69 Å². The highest BCUT2D eigenvalue weighted by Crippen LogP contribution is 2.33. The monoisotopic (exact) mass is 516 g/mol. The number of methoxy groups -OCH3 is 2. The summed E-state index contributed by atoms with van der Waals surface area (Å²) in [6, 6.07) is 21.3. The number of carbonyl (C=O) groups is 1. The molecule has 1 N–H and O–H groups in total. The number of nitrogens with one attached hydrogen (secondary N) is 1. The lowest BCUT2D eigenvalue weighted by atomic mass is 9.99. The summed E-state index contributed by atoms with van der Waals surface area (Å²) in [5.74, 6) is 1.55. The number of hydrogen-bond donors (Lipinski definition) is 1. The van der Waals surface area contributed by atoms with Crippen LogP contribution in [0.4, 0.5) is 13.2 Å². The summed E-state index contributed by atoms with van der Waals surface area (Å²) in [4.78, 5) is 13.6. The van der Waals surface area contributed by atoms with Gasteiger partial charge in [0.15, 0.2) is 11.5 Å². The van der Waals surface area contributed by atoms with Crippen molar-refractivity contribution >= 4 is 5.91 Å². The first-order valence-electron chi connectivity index (χ1n) is 12.0. The quantitative estimate of drug-likeness (QED) is 0.468. The third-order valence-electron chi connectivity index (χ3n) is 5.80. The van der Waals surface area contributed by atoms with Crippen LogP contribution < -0.4 is 14.8 Å². The van der Waals surface area contributed by atoms with Crippen LogP contribution in [0.25, 0.3) is 0 Å². The van der Waals surface area contributed by atoms with Gasteiger partial charge in [0.2, 0.25) is 5.91 Å². The number of nitrogens with zero attached hydrogens (tertiary/aromatic N) is 1. The Kier molecular flexibility index (Phi) is 12.0. The zero-order valence-electron chi connectivity index (χ0n) is 21.8. The van der Waals surface area contributed by atoms with E-state index in [1.807, 2.05) is 55.5 Å². The van der Waals surface area contributed by atoms with Gasteiger partial charge in [-0.1, -0.05) is 55.5 Å². The van der Waals surface area contributed by atoms with Crippen LogP contribution >= 0.6 is 0 Å². The molecule has 0 bridgehead atoms. The molecule has 1 aliphatic heterocycles. The second kappa shape index (κ2) is 14.9. The number of likely N-dealkylation sites (N-methyl/N-ethyl adjacent to an activating group) is 1. The SMILES string of the molecule is CCc1ccc(C(F)(F)F)cc1.CNC(=O)CN1CCc2cc(OC)c(OC)cc2C1.c1ccccc1. The predicted octanol–water partition coefficient (Wildman–Crippen LogP) is 5.76. The smallest absolute Gasteiger partial charge is 0.416 e. The van der Waals surface area contributed by atoms with Crippen molar-refractivity contribution < 1.29 is 27.4 Å². The third kappa shape index (κ3) is 9.80. The molecule has 3 aromatic carbocycles. The van der Waals surface area contributed by atoms with Crippen LogP contribution in [0.1, 0.15) is 29.2 Å². The summed E-state index contributed by atoms with van der Waals surface area (Å²) in [6.45, 7) is 3.99. The van der Waals surface area contributed by atoms with E-state index in [0.29, 0.717) is 6.54 Å². The molecule has 0 aromatic heterocycles. The first-order valence-corrected chi connectivity index (χ1v) is 12.0. The van der Waals surface area contributed by atoms with Gasteiger partial charge in [0.05, 0.1) is 26.3 Å². The summed E-state index contributed by atoms with van der Waals surface area (Å²) in [5, 5.41) is 2.65. The lowest BCUT2D eigenvalue weighted by Gasteiger charge is -2.28. The van der Waals surface area contributed by atoms with E-state index in [1.165, 1.54) is 23.3 Å². The molecule has 0 saturated heterocycles. The molecule has 0 radical (unpaired) electrons. The number of benzene rings is 3. The molecule has 0 spiro atoms. The topological polar surface area (TPSA) is 50.8 Å². The number of ether oxygens (including phenoxy) is 2. The zero-order valence-corrected chi connectivity index (χ0v) is 21.8. The van der Waals surface area contributed by atoms with Crippen molar-refractivity contribution in [3.63, 3.8) is 0 Å². The fraction of sp³-hybridized carbons (Fsp3) is 0.345. The van der Waals surface area contributed by atoms with E-state index in [4.69, 9.17) is 9.47 Å². The van der Waals surface area contributed by atoms with E-state index in [0.717, 1.165) is 55.1 Å². The number of carbonyl (C=O) groups excluding carboxylic acids is 1. The van der Waals surface area contributed by atoms with Crippen molar-refractivity contribution in [3.05, 3.63) is 95.1 Å². The molecule has 37 heavy (non-hydrogen) atoms. The first-order chi connectivity index (χ1) is 17.7.